The third-order valence-electron chi connectivity index (χ3n) is 11.3. The van der Waals surface area contributed by atoms with Crippen LogP contribution in [0.25, 0.3) is 11.1 Å². The van der Waals surface area contributed by atoms with Crippen molar-refractivity contribution in [2.24, 2.45) is 5.92 Å². The summed E-state index contributed by atoms with van der Waals surface area (Å²) < 4.78 is 19.5. The molecule has 6 aromatic rings. The molecule has 0 aliphatic carbocycles. The number of rotatable bonds is 13. The Bertz CT molecular complexity index is 2230. The lowest BCUT2D eigenvalue weighted by molar-refractivity contribution is -0.276. The van der Waals surface area contributed by atoms with Gasteiger partial charge in [0.05, 0.1) is 18.8 Å². The summed E-state index contributed by atoms with van der Waals surface area (Å²) in [6.45, 7) is 8.45. The molecule has 2 heterocycles. The Balaban J connectivity index is 0.890. The lowest BCUT2D eigenvalue weighted by atomic mass is 9.89. The van der Waals surface area contributed by atoms with Crippen molar-refractivity contribution in [2.45, 2.75) is 45.1 Å². The minimum atomic E-state index is -0.534. The molecule has 302 valence electrons. The van der Waals surface area contributed by atoms with E-state index in [0.717, 1.165) is 78.4 Å². The van der Waals surface area contributed by atoms with E-state index in [2.05, 4.69) is 106 Å². The highest BCUT2D eigenvalue weighted by Crippen LogP contribution is 2.42. The van der Waals surface area contributed by atoms with Crippen molar-refractivity contribution in [3.63, 3.8) is 0 Å². The summed E-state index contributed by atoms with van der Waals surface area (Å²) in [5, 5.41) is 15.6. The van der Waals surface area contributed by atoms with Crippen LogP contribution in [0.2, 0.25) is 0 Å². The first-order chi connectivity index (χ1) is 29.0. The molecule has 2 aliphatic rings. The summed E-state index contributed by atoms with van der Waals surface area (Å²) in [5.41, 5.74) is 8.05. The van der Waals surface area contributed by atoms with Crippen LogP contribution in [0.15, 0.2) is 158 Å². The Morgan fingerprint density at radius 1 is 0.661 bits per heavy atom. The second-order valence-corrected chi connectivity index (χ2v) is 15.5. The normalized spacial score (nSPS) is 19.8. The Hall–Kier alpha value is -5.81. The van der Waals surface area contributed by atoms with Crippen LogP contribution in [0.3, 0.4) is 0 Å². The molecule has 4 atom stereocenters. The number of anilines is 1. The van der Waals surface area contributed by atoms with Crippen molar-refractivity contribution < 1.29 is 24.1 Å². The largest absolute Gasteiger partial charge is 0.457 e. The fraction of sp³-hybridized carbons (Fsp3) is 0.260. The molecule has 2 aliphatic heterocycles. The minimum Gasteiger partial charge on any atom is -0.457 e. The number of carbonyl (C=O) groups is 1. The first-order valence-electron chi connectivity index (χ1n) is 20.5. The number of urea groups is 1. The molecule has 3 N–H and O–H groups in total. The maximum atomic E-state index is 12.8. The van der Waals surface area contributed by atoms with Gasteiger partial charge in [-0.15, -0.1) is 0 Å². The summed E-state index contributed by atoms with van der Waals surface area (Å²) in [7, 11) is 0. The van der Waals surface area contributed by atoms with Crippen molar-refractivity contribution in [1.29, 1.82) is 0 Å². The van der Waals surface area contributed by atoms with Gasteiger partial charge in [0.15, 0.2) is 6.29 Å². The lowest BCUT2D eigenvalue weighted by Gasteiger charge is -2.44. The third kappa shape index (κ3) is 10.6. The molecule has 2 fully saturated rings. The Morgan fingerprint density at radius 3 is 2.02 bits per heavy atom. The molecule has 0 aromatic heterocycles. The maximum Gasteiger partial charge on any atom is 0.319 e. The van der Waals surface area contributed by atoms with Crippen molar-refractivity contribution in [3.8, 4) is 22.6 Å². The molecule has 9 heteroatoms. The van der Waals surface area contributed by atoms with E-state index in [4.69, 9.17) is 14.2 Å². The van der Waals surface area contributed by atoms with Crippen LogP contribution in [-0.4, -0.2) is 59.8 Å². The Labute approximate surface area is 347 Å². The van der Waals surface area contributed by atoms with Crippen molar-refractivity contribution in [1.82, 2.24) is 15.1 Å². The monoisotopic (exact) mass is 788 g/mol. The fourth-order valence-electron chi connectivity index (χ4n) is 7.84. The van der Waals surface area contributed by atoms with Gasteiger partial charge in [0.1, 0.15) is 11.5 Å². The van der Waals surface area contributed by atoms with E-state index in [-0.39, 0.29) is 30.8 Å². The molecule has 2 saturated heterocycles. The number of piperazine rings is 1. The highest BCUT2D eigenvalue weighted by molar-refractivity contribution is 5.89. The Kier molecular flexibility index (Phi) is 13.1. The van der Waals surface area contributed by atoms with E-state index < -0.39 is 6.29 Å². The topological polar surface area (TPSA) is 95.5 Å². The molecule has 0 spiro atoms. The zero-order valence-electron chi connectivity index (χ0n) is 33.5. The van der Waals surface area contributed by atoms with E-state index in [9.17, 15) is 9.90 Å². The van der Waals surface area contributed by atoms with Crippen LogP contribution in [0.5, 0.6) is 11.5 Å². The number of benzene rings is 6. The van der Waals surface area contributed by atoms with Gasteiger partial charge in [0.25, 0.3) is 0 Å². The number of hydrogen-bond donors (Lipinski definition) is 3. The standard InChI is InChI=1S/C50H52N4O5/c1-36-47(34-54-29-27-53(28-30-54)33-37-9-4-2-5-10-37)58-49(59-48(36)41-17-15-38(35-55)16-18-41)42-21-19-40(20-22-42)43-12-8-11-39(31-43)32-51-50(56)52-44-23-25-46(26-24-44)57-45-13-6-3-7-14-45/h2-26,31,36,47-49,55H,27-30,32-35H2,1H3,(H2,51,52,56)/t36-,47+,48+,49+/m1/s1. The highest BCUT2D eigenvalue weighted by atomic mass is 16.7. The fourth-order valence-corrected chi connectivity index (χ4v) is 7.84. The first-order valence-corrected chi connectivity index (χ1v) is 20.5. The van der Waals surface area contributed by atoms with Crippen molar-refractivity contribution in [3.05, 3.63) is 186 Å². The van der Waals surface area contributed by atoms with Crippen molar-refractivity contribution >= 4 is 11.7 Å². The predicted octanol–water partition coefficient (Wildman–Crippen LogP) is 9.57. The molecule has 59 heavy (non-hydrogen) atoms. The number of aliphatic hydroxyl groups is 1. The van der Waals surface area contributed by atoms with E-state index in [1.807, 2.05) is 78.9 Å². The summed E-state index contributed by atoms with van der Waals surface area (Å²) in [5.74, 6) is 1.57. The molecular formula is C50H52N4O5. The van der Waals surface area contributed by atoms with Gasteiger partial charge in [-0.05, 0) is 75.8 Å². The van der Waals surface area contributed by atoms with Crippen LogP contribution in [0.1, 0.15) is 47.1 Å². The predicted molar refractivity (Wildman–Crippen MR) is 232 cm³/mol. The second kappa shape index (κ2) is 19.3. The first kappa shape index (κ1) is 40.0. The maximum absolute atomic E-state index is 12.8. The van der Waals surface area contributed by atoms with Crippen molar-refractivity contribution in [2.75, 3.05) is 38.0 Å². The summed E-state index contributed by atoms with van der Waals surface area (Å²) in [4.78, 5) is 17.8. The van der Waals surface area contributed by atoms with Gasteiger partial charge in [-0.3, -0.25) is 9.80 Å². The average Bonchev–Trinajstić information content (AvgIpc) is 3.28. The molecule has 0 bridgehead atoms. The van der Waals surface area contributed by atoms with E-state index >= 15 is 0 Å². The minimum absolute atomic E-state index is 0.00861. The van der Waals surface area contributed by atoms with Gasteiger partial charge >= 0.3 is 6.03 Å². The quantitative estimate of drug-likeness (QED) is 0.107. The third-order valence-corrected chi connectivity index (χ3v) is 11.3. The molecular weight excluding hydrogens is 737 g/mol. The van der Waals surface area contributed by atoms with Gasteiger partial charge in [-0.2, -0.15) is 0 Å². The number of nitrogens with zero attached hydrogens (tertiary/aromatic N) is 2. The number of amides is 2. The zero-order chi connectivity index (χ0) is 40.4. The van der Waals surface area contributed by atoms with Crippen LogP contribution in [-0.2, 0) is 29.2 Å². The smallest absolute Gasteiger partial charge is 0.319 e. The molecule has 6 aromatic carbocycles. The number of nitrogens with one attached hydrogen (secondary N) is 2. The highest BCUT2D eigenvalue weighted by Gasteiger charge is 2.39. The van der Waals surface area contributed by atoms with Gasteiger partial charge in [-0.1, -0.05) is 122 Å². The van der Waals surface area contributed by atoms with Crippen LogP contribution in [0, 0.1) is 5.92 Å². The van der Waals surface area contributed by atoms with E-state index in [1.165, 1.54) is 5.56 Å². The zero-order valence-corrected chi connectivity index (χ0v) is 33.5. The number of carbonyl (C=O) groups excluding carboxylic acids is 1. The summed E-state index contributed by atoms with van der Waals surface area (Å²) in [6, 6.07) is 52.0. The van der Waals surface area contributed by atoms with Crippen LogP contribution >= 0.6 is 0 Å². The number of hydrogen-bond acceptors (Lipinski definition) is 7. The van der Waals surface area contributed by atoms with Gasteiger partial charge in [-0.25, -0.2) is 4.79 Å². The van der Waals surface area contributed by atoms with E-state index in [1.54, 1.807) is 0 Å². The number of para-hydroxylation sites is 1. The number of aliphatic hydroxyl groups excluding tert-OH is 1. The molecule has 0 radical (unpaired) electrons. The lowest BCUT2D eigenvalue weighted by Crippen LogP contribution is -2.51. The van der Waals surface area contributed by atoms with E-state index in [0.29, 0.717) is 18.0 Å². The summed E-state index contributed by atoms with van der Waals surface area (Å²) in [6.07, 6.45) is -0.736. The Morgan fingerprint density at radius 2 is 1.31 bits per heavy atom. The molecule has 2 amide bonds. The molecule has 9 nitrogen and oxygen atoms in total. The van der Waals surface area contributed by atoms with Crippen LogP contribution in [0.4, 0.5) is 10.5 Å². The van der Waals surface area contributed by atoms with Gasteiger partial charge < -0.3 is 30.0 Å². The van der Waals surface area contributed by atoms with Gasteiger partial charge in [0, 0.05) is 63.0 Å². The average molecular weight is 789 g/mol. The molecule has 8 rings (SSSR count). The van der Waals surface area contributed by atoms with Gasteiger partial charge in [0.2, 0.25) is 0 Å². The summed E-state index contributed by atoms with van der Waals surface area (Å²) >= 11 is 0. The number of ether oxygens (including phenoxy) is 3. The SMILES string of the molecule is C[C@@H]1[C@H](CN2CCN(Cc3ccccc3)CC2)O[C@H](c2ccc(-c3cccc(CNC(=O)Nc4ccc(Oc5ccccc5)cc4)c3)cc2)O[C@@H]1c1ccc(CO)cc1. The molecule has 0 saturated carbocycles. The molecule has 0 unspecified atom stereocenters. The second-order valence-electron chi connectivity index (χ2n) is 15.5. The van der Waals surface area contributed by atoms with Crippen LogP contribution < -0.4 is 15.4 Å².